The number of hydrogen-bond donors (Lipinski definition) is 3. The molecule has 1 saturated heterocycles. The van der Waals surface area contributed by atoms with Gasteiger partial charge in [-0.2, -0.15) is 0 Å². The third kappa shape index (κ3) is 20.1. The molecule has 0 radical (unpaired) electrons. The number of phenols is 1. The molecule has 75 heavy (non-hydrogen) atoms. The van der Waals surface area contributed by atoms with E-state index in [4.69, 9.17) is 14.2 Å². The number of nitro groups is 1. The number of carbonyl (C=O) groups excluding carboxylic acids is 7. The van der Waals surface area contributed by atoms with Crippen LogP contribution in [0.1, 0.15) is 133 Å². The summed E-state index contributed by atoms with van der Waals surface area (Å²) < 4.78 is 16.8. The van der Waals surface area contributed by atoms with Crippen molar-refractivity contribution < 1.29 is 57.8 Å². The third-order valence-electron chi connectivity index (χ3n) is 13.0. The lowest BCUT2D eigenvalue weighted by Crippen LogP contribution is -2.50. The summed E-state index contributed by atoms with van der Waals surface area (Å²) in [6.45, 7) is 12.4. The summed E-state index contributed by atoms with van der Waals surface area (Å²) in [5.41, 5.74) is 0.617. The summed E-state index contributed by atoms with van der Waals surface area (Å²) in [5.74, 6) is -4.77. The highest BCUT2D eigenvalue weighted by molar-refractivity contribution is 8.76. The van der Waals surface area contributed by atoms with Crippen molar-refractivity contribution in [3.05, 3.63) is 74.4 Å². The van der Waals surface area contributed by atoms with Gasteiger partial charge in [0.15, 0.2) is 23.6 Å². The molecule has 412 valence electrons. The minimum absolute atomic E-state index is 0.00285. The van der Waals surface area contributed by atoms with Crippen molar-refractivity contribution in [2.45, 2.75) is 142 Å². The second-order valence-corrected chi connectivity index (χ2v) is 22.5. The molecule has 20 nitrogen and oxygen atoms in total. The number of aromatic hydroxyl groups is 1. The molecule has 3 amide bonds. The number of pyridine rings is 1. The van der Waals surface area contributed by atoms with E-state index in [1.54, 1.807) is 19.1 Å². The molecule has 1 aromatic carbocycles. The van der Waals surface area contributed by atoms with Crippen LogP contribution in [-0.2, 0) is 49.4 Å². The van der Waals surface area contributed by atoms with Crippen molar-refractivity contribution in [2.75, 3.05) is 39.2 Å². The minimum Gasteiger partial charge on any atom is -0.508 e. The molecule has 3 heterocycles. The average Bonchev–Trinajstić information content (AvgIpc) is 3.88. The number of rotatable bonds is 31. The second-order valence-electron chi connectivity index (χ2n) is 19.2. The zero-order valence-corrected chi connectivity index (χ0v) is 46.6. The van der Waals surface area contributed by atoms with E-state index in [-0.39, 0.29) is 102 Å². The van der Waals surface area contributed by atoms with Gasteiger partial charge < -0.3 is 34.9 Å². The third-order valence-corrected chi connectivity index (χ3v) is 16.2. The molecule has 1 aliphatic rings. The number of piperidine rings is 1. The van der Waals surface area contributed by atoms with Crippen LogP contribution in [-0.4, -0.2) is 129 Å². The van der Waals surface area contributed by atoms with Crippen LogP contribution in [0, 0.1) is 33.8 Å². The van der Waals surface area contributed by atoms with Crippen LogP contribution in [0.3, 0.4) is 0 Å². The predicted molar refractivity (Wildman–Crippen MR) is 285 cm³/mol. The van der Waals surface area contributed by atoms with Crippen molar-refractivity contribution in [1.29, 1.82) is 0 Å². The highest BCUT2D eigenvalue weighted by atomic mass is 33.1. The number of nitrogens with zero attached hydrogens (tertiary/aromatic N) is 5. The average molecular weight is 1100 g/mol. The van der Waals surface area contributed by atoms with Gasteiger partial charge in [-0.25, -0.2) is 9.97 Å². The molecule has 7 atom stereocenters. The van der Waals surface area contributed by atoms with Gasteiger partial charge >= 0.3 is 23.6 Å². The number of likely N-dealkylation sites (N-methyl/N-ethyl adjacent to an activating group) is 1. The Morgan fingerprint density at radius 2 is 1.75 bits per heavy atom. The number of hydrogen-bond acceptors (Lipinski definition) is 19. The number of amides is 3. The minimum atomic E-state index is -1.04. The fraction of sp³-hybridized carbons (Fsp3) is 0.596. The van der Waals surface area contributed by atoms with Crippen LogP contribution in [0.25, 0.3) is 0 Å². The molecule has 1 unspecified atom stereocenters. The van der Waals surface area contributed by atoms with Gasteiger partial charge in [-0.15, -0.1) is 11.3 Å². The second kappa shape index (κ2) is 31.4. The summed E-state index contributed by atoms with van der Waals surface area (Å²) in [7, 11) is 4.23. The standard InChI is InChI=1S/C52H73N7O13S3/c1-9-14-46(63)71-31-58(52(67)39(33(5)10-2)27-44(62)41-15-11-12-22-57(41)8)43(32(3)4)28-45(72-35(7)60)51-56-40(30-73-51)49(66)55-37(26-36-17-19-38(61)20-18-36)25-34(6)48(65)54-29-47(64)70-23-24-74-75-50-42(59(68)69)16-13-21-53-50/h13,16-21,30,32-34,37,39,41,43,45,61H,9-12,14-15,22-29,31H2,1-8H3,(H,54,65)(H,55,66)/t33-,34-,37+,39-,41?,43+,45+/m0/s1. The number of Topliss-reactive ketones (excluding diaryl/α,β-unsaturated/α-hetero) is 1. The molecule has 4 rings (SSSR count). The lowest BCUT2D eigenvalue weighted by Gasteiger charge is -2.39. The largest absolute Gasteiger partial charge is 0.508 e. The Hall–Kier alpha value is -5.65. The normalized spacial score (nSPS) is 16.1. The Kier molecular flexibility index (Phi) is 25.9. The van der Waals surface area contributed by atoms with Crippen molar-refractivity contribution >= 4 is 80.0 Å². The summed E-state index contributed by atoms with van der Waals surface area (Å²) in [5, 5.41) is 28.8. The van der Waals surface area contributed by atoms with E-state index in [0.29, 0.717) is 25.0 Å². The zero-order chi connectivity index (χ0) is 55.2. The van der Waals surface area contributed by atoms with Gasteiger partial charge in [0.25, 0.3) is 5.91 Å². The predicted octanol–water partition coefficient (Wildman–Crippen LogP) is 7.87. The van der Waals surface area contributed by atoms with Gasteiger partial charge in [-0.05, 0) is 92.1 Å². The van der Waals surface area contributed by atoms with Gasteiger partial charge in [0, 0.05) is 73.5 Å². The van der Waals surface area contributed by atoms with Crippen LogP contribution in [0.5, 0.6) is 5.75 Å². The van der Waals surface area contributed by atoms with Crippen LogP contribution in [0.2, 0.25) is 0 Å². The molecular weight excluding hydrogens is 1030 g/mol. The topological polar surface area (TPSA) is 267 Å². The maximum Gasteiger partial charge on any atom is 0.325 e. The van der Waals surface area contributed by atoms with Crippen LogP contribution >= 0.6 is 32.9 Å². The van der Waals surface area contributed by atoms with Crippen LogP contribution in [0.15, 0.2) is 53.0 Å². The number of thiazole rings is 1. The molecular formula is C52H73N7O13S3. The maximum atomic E-state index is 15.0. The number of ether oxygens (including phenoxy) is 3. The highest BCUT2D eigenvalue weighted by Crippen LogP contribution is 2.36. The molecule has 23 heteroatoms. The molecule has 1 aliphatic heterocycles. The first-order valence-corrected chi connectivity index (χ1v) is 28.6. The van der Waals surface area contributed by atoms with E-state index in [1.165, 1.54) is 58.5 Å². The maximum absolute atomic E-state index is 15.0. The van der Waals surface area contributed by atoms with Crippen LogP contribution < -0.4 is 10.6 Å². The molecule has 0 bridgehead atoms. The van der Waals surface area contributed by atoms with E-state index >= 15 is 0 Å². The number of likely N-dealkylation sites (tertiary alicyclic amines) is 1. The summed E-state index contributed by atoms with van der Waals surface area (Å²) in [6.07, 6.45) is 4.75. The molecule has 3 N–H and O–H groups in total. The number of ketones is 1. The Balaban J connectivity index is 1.49. The summed E-state index contributed by atoms with van der Waals surface area (Å²) in [4.78, 5) is 117. The Labute approximate surface area is 451 Å². The number of nitrogens with one attached hydrogen (secondary N) is 2. The smallest absolute Gasteiger partial charge is 0.325 e. The van der Waals surface area contributed by atoms with Gasteiger partial charge in [0.1, 0.15) is 29.6 Å². The molecule has 3 aromatic rings. The van der Waals surface area contributed by atoms with Gasteiger partial charge in [0.2, 0.25) is 11.8 Å². The Morgan fingerprint density at radius 3 is 2.40 bits per heavy atom. The molecule has 2 aromatic heterocycles. The van der Waals surface area contributed by atoms with Crippen LogP contribution in [0.4, 0.5) is 5.69 Å². The zero-order valence-electron chi connectivity index (χ0n) is 44.2. The van der Waals surface area contributed by atoms with E-state index in [9.17, 15) is 48.8 Å². The quantitative estimate of drug-likeness (QED) is 0.0105. The van der Waals surface area contributed by atoms with Crippen molar-refractivity contribution in [3.8, 4) is 5.75 Å². The number of benzene rings is 1. The number of carbonyl (C=O) groups is 7. The Morgan fingerprint density at radius 1 is 1.01 bits per heavy atom. The number of aromatic nitrogens is 2. The number of esters is 3. The molecule has 0 aliphatic carbocycles. The van der Waals surface area contributed by atoms with Gasteiger partial charge in [-0.1, -0.05) is 77.3 Å². The number of phenolic OH excluding ortho intramolecular Hbond substituents is 1. The van der Waals surface area contributed by atoms with Gasteiger partial charge in [-0.3, -0.25) is 48.6 Å². The van der Waals surface area contributed by atoms with E-state index in [2.05, 4.69) is 20.6 Å². The molecule has 0 saturated carbocycles. The fourth-order valence-electron chi connectivity index (χ4n) is 8.68. The lowest BCUT2D eigenvalue weighted by atomic mass is 9.82. The van der Waals surface area contributed by atoms with Gasteiger partial charge in [0.05, 0.1) is 11.0 Å². The van der Waals surface area contributed by atoms with E-state index < -0.39 is 71.2 Å². The van der Waals surface area contributed by atoms with Crippen molar-refractivity contribution in [1.82, 2.24) is 30.4 Å². The first-order valence-electron chi connectivity index (χ1n) is 25.4. The first-order chi connectivity index (χ1) is 35.7. The van der Waals surface area contributed by atoms with E-state index in [0.717, 1.165) is 47.1 Å². The molecule has 0 spiro atoms. The summed E-state index contributed by atoms with van der Waals surface area (Å²) in [6, 6.07) is 7.57. The first kappa shape index (κ1) is 61.9. The van der Waals surface area contributed by atoms with Crippen molar-refractivity contribution in [2.24, 2.45) is 23.7 Å². The monoisotopic (exact) mass is 1100 g/mol. The summed E-state index contributed by atoms with van der Waals surface area (Å²) >= 11 is 1.08. The fourth-order valence-corrected chi connectivity index (χ4v) is 11.4. The lowest BCUT2D eigenvalue weighted by molar-refractivity contribution is -0.388. The SMILES string of the molecule is CCCC(=O)OCN(C(=O)[C@@H](CC(=O)C1CCCCN1C)[C@@H](C)CC)[C@H](C[C@@H](OC(C)=O)c1nc(C(=O)N[C@@H](Cc2ccc(O)cc2)C[C@H](C)C(=O)NCC(=O)OCCSSc2ncccc2[N+](=O)[O-])cs1)C(C)C. The molecule has 1 fully saturated rings. The van der Waals surface area contributed by atoms with Crippen molar-refractivity contribution in [3.63, 3.8) is 0 Å². The Bertz CT molecular complexity index is 2390. The highest BCUT2D eigenvalue weighted by Gasteiger charge is 2.40. The van der Waals surface area contributed by atoms with E-state index in [1.807, 2.05) is 46.6 Å².